The molecule has 1 aromatic heterocycles. The van der Waals surface area contributed by atoms with Gasteiger partial charge in [-0.15, -0.1) is 0 Å². The molecule has 1 N–H and O–H groups in total. The highest BCUT2D eigenvalue weighted by Crippen LogP contribution is 2.32. The fourth-order valence-corrected chi connectivity index (χ4v) is 3.57. The van der Waals surface area contributed by atoms with Gasteiger partial charge in [0.05, 0.1) is 6.54 Å². The van der Waals surface area contributed by atoms with Crippen molar-refractivity contribution < 1.29 is 19.1 Å². The Bertz CT molecular complexity index is 863. The molecule has 0 saturated carbocycles. The summed E-state index contributed by atoms with van der Waals surface area (Å²) in [6.45, 7) is 3.54. The van der Waals surface area contributed by atoms with Crippen molar-refractivity contribution in [3.63, 3.8) is 0 Å². The summed E-state index contributed by atoms with van der Waals surface area (Å²) in [6, 6.07) is 5.12. The van der Waals surface area contributed by atoms with E-state index in [1.54, 1.807) is 24.4 Å². The zero-order valence-corrected chi connectivity index (χ0v) is 15.2. The second-order valence-corrected chi connectivity index (χ2v) is 6.76. The van der Waals surface area contributed by atoms with Gasteiger partial charge < -0.3 is 24.3 Å². The zero-order chi connectivity index (χ0) is 18.8. The van der Waals surface area contributed by atoms with Crippen LogP contribution >= 0.6 is 0 Å². The molecule has 8 nitrogen and oxygen atoms in total. The van der Waals surface area contributed by atoms with E-state index in [1.807, 2.05) is 18.0 Å². The molecule has 3 heterocycles. The quantitative estimate of drug-likeness (QED) is 0.859. The van der Waals surface area contributed by atoms with Gasteiger partial charge in [0.15, 0.2) is 11.5 Å². The highest BCUT2D eigenvalue weighted by molar-refractivity contribution is 5.97. The maximum absolute atomic E-state index is 12.6. The van der Waals surface area contributed by atoms with Crippen LogP contribution in [0.25, 0.3) is 0 Å². The number of aromatic nitrogens is 2. The second kappa shape index (κ2) is 7.30. The Hall–Kier alpha value is -3.03. The summed E-state index contributed by atoms with van der Waals surface area (Å²) in [5.41, 5.74) is 0.444. The number of aryl methyl sites for hydroxylation is 1. The van der Waals surface area contributed by atoms with Crippen LogP contribution in [0.2, 0.25) is 0 Å². The highest BCUT2D eigenvalue weighted by Gasteiger charge is 2.29. The lowest BCUT2D eigenvalue weighted by Crippen LogP contribution is -2.44. The lowest BCUT2D eigenvalue weighted by Gasteiger charge is -2.25. The fraction of sp³-hybridized carbons (Fsp3) is 0.421. The molecule has 8 heteroatoms. The van der Waals surface area contributed by atoms with Gasteiger partial charge in [-0.05, 0) is 38.0 Å². The van der Waals surface area contributed by atoms with Crippen LogP contribution < -0.4 is 14.8 Å². The Labute approximate surface area is 157 Å². The first-order valence-electron chi connectivity index (χ1n) is 9.07. The van der Waals surface area contributed by atoms with Crippen molar-refractivity contribution in [3.05, 3.63) is 42.0 Å². The summed E-state index contributed by atoms with van der Waals surface area (Å²) in [4.78, 5) is 31.1. The molecule has 0 bridgehead atoms. The van der Waals surface area contributed by atoms with Crippen molar-refractivity contribution in [1.29, 1.82) is 0 Å². The van der Waals surface area contributed by atoms with Crippen LogP contribution in [-0.4, -0.2) is 52.2 Å². The van der Waals surface area contributed by atoms with Gasteiger partial charge in [0.2, 0.25) is 12.7 Å². The Morgan fingerprint density at radius 2 is 2.15 bits per heavy atom. The monoisotopic (exact) mass is 370 g/mol. The van der Waals surface area contributed by atoms with Crippen molar-refractivity contribution in [3.8, 4) is 11.5 Å². The van der Waals surface area contributed by atoms with Crippen LogP contribution in [0.1, 0.15) is 29.0 Å². The molecular formula is C19H22N4O4. The van der Waals surface area contributed by atoms with E-state index >= 15 is 0 Å². The third-order valence-corrected chi connectivity index (χ3v) is 5.06. The van der Waals surface area contributed by atoms with Gasteiger partial charge in [0.1, 0.15) is 5.82 Å². The third-order valence-electron chi connectivity index (χ3n) is 5.06. The van der Waals surface area contributed by atoms with Crippen molar-refractivity contribution in [2.75, 3.05) is 19.9 Å². The van der Waals surface area contributed by atoms with Crippen LogP contribution in [0, 0.1) is 6.92 Å². The molecule has 1 unspecified atom stereocenters. The van der Waals surface area contributed by atoms with Crippen LogP contribution in [0.15, 0.2) is 30.6 Å². The van der Waals surface area contributed by atoms with Gasteiger partial charge in [-0.1, -0.05) is 0 Å². The van der Waals surface area contributed by atoms with E-state index in [-0.39, 0.29) is 31.2 Å². The van der Waals surface area contributed by atoms with Crippen molar-refractivity contribution >= 4 is 11.8 Å². The number of nitrogens with one attached hydrogen (secondary N) is 1. The number of nitrogens with zero attached hydrogens (tertiary/aromatic N) is 3. The molecule has 2 amide bonds. The minimum absolute atomic E-state index is 0.0211. The van der Waals surface area contributed by atoms with E-state index in [0.717, 1.165) is 31.8 Å². The summed E-state index contributed by atoms with van der Waals surface area (Å²) in [6.07, 6.45) is 5.62. The van der Waals surface area contributed by atoms with E-state index in [4.69, 9.17) is 9.47 Å². The Balaban J connectivity index is 1.34. The number of carbonyl (C=O) groups is 2. The van der Waals surface area contributed by atoms with Crippen LogP contribution in [0.3, 0.4) is 0 Å². The molecule has 1 atom stereocenters. The minimum atomic E-state index is -0.303. The van der Waals surface area contributed by atoms with Crippen LogP contribution in [0.4, 0.5) is 0 Å². The molecule has 1 saturated heterocycles. The van der Waals surface area contributed by atoms with Gasteiger partial charge >= 0.3 is 0 Å². The molecule has 2 aliphatic rings. The number of imidazole rings is 1. The summed E-state index contributed by atoms with van der Waals surface area (Å²) in [7, 11) is 0. The average molecular weight is 370 g/mol. The van der Waals surface area contributed by atoms with Crippen molar-refractivity contribution in [2.24, 2.45) is 0 Å². The molecule has 0 aliphatic carbocycles. The molecule has 142 valence electrons. The predicted molar refractivity (Wildman–Crippen MR) is 96.6 cm³/mol. The van der Waals surface area contributed by atoms with Gasteiger partial charge in [-0.2, -0.15) is 0 Å². The molecule has 2 aliphatic heterocycles. The van der Waals surface area contributed by atoms with Gasteiger partial charge in [0, 0.05) is 37.1 Å². The molecule has 27 heavy (non-hydrogen) atoms. The summed E-state index contributed by atoms with van der Waals surface area (Å²) < 4.78 is 12.6. The van der Waals surface area contributed by atoms with Gasteiger partial charge in [-0.25, -0.2) is 4.98 Å². The average Bonchev–Trinajstić information content (AvgIpc) is 3.40. The standard InChI is InChI=1S/C19H22N4O4/c1-13-20-6-8-22(13)11-15-3-2-7-23(15)18(24)10-21-19(25)14-4-5-16-17(9-14)27-12-26-16/h4-6,8-9,15H,2-3,7,10-12H2,1H3,(H,21,25). The van der Waals surface area contributed by atoms with E-state index in [1.165, 1.54) is 0 Å². The molecule has 1 aromatic carbocycles. The molecule has 4 rings (SSSR count). The number of hydrogen-bond acceptors (Lipinski definition) is 5. The van der Waals surface area contributed by atoms with E-state index in [2.05, 4.69) is 14.9 Å². The van der Waals surface area contributed by atoms with Crippen LogP contribution in [-0.2, 0) is 11.3 Å². The van der Waals surface area contributed by atoms with E-state index in [9.17, 15) is 9.59 Å². The molecule has 0 spiro atoms. The maximum atomic E-state index is 12.6. The first-order valence-corrected chi connectivity index (χ1v) is 9.07. The Morgan fingerprint density at radius 3 is 2.96 bits per heavy atom. The van der Waals surface area contributed by atoms with Crippen molar-refractivity contribution in [2.45, 2.75) is 32.4 Å². The lowest BCUT2D eigenvalue weighted by molar-refractivity contribution is -0.131. The Kier molecular flexibility index (Phi) is 4.70. The summed E-state index contributed by atoms with van der Waals surface area (Å²) in [5, 5.41) is 2.71. The molecule has 2 aromatic rings. The highest BCUT2D eigenvalue weighted by atomic mass is 16.7. The topological polar surface area (TPSA) is 85.7 Å². The summed E-state index contributed by atoms with van der Waals surface area (Å²) in [5.74, 6) is 1.74. The maximum Gasteiger partial charge on any atom is 0.251 e. The van der Waals surface area contributed by atoms with Gasteiger partial charge in [0.25, 0.3) is 5.91 Å². The number of benzene rings is 1. The lowest BCUT2D eigenvalue weighted by atomic mass is 10.2. The number of hydrogen-bond donors (Lipinski definition) is 1. The van der Waals surface area contributed by atoms with Gasteiger partial charge in [-0.3, -0.25) is 9.59 Å². The number of carbonyl (C=O) groups excluding carboxylic acids is 2. The number of ether oxygens (including phenoxy) is 2. The molecule has 1 fully saturated rings. The fourth-order valence-electron chi connectivity index (χ4n) is 3.57. The molecular weight excluding hydrogens is 348 g/mol. The first-order chi connectivity index (χ1) is 13.1. The zero-order valence-electron chi connectivity index (χ0n) is 15.2. The van der Waals surface area contributed by atoms with Crippen LogP contribution in [0.5, 0.6) is 11.5 Å². The SMILES string of the molecule is Cc1nccn1CC1CCCN1C(=O)CNC(=O)c1ccc2c(c1)OCO2. The Morgan fingerprint density at radius 1 is 1.30 bits per heavy atom. The number of amides is 2. The second-order valence-electron chi connectivity index (χ2n) is 6.76. The smallest absolute Gasteiger partial charge is 0.251 e. The normalized spacial score (nSPS) is 18.0. The third kappa shape index (κ3) is 3.60. The number of rotatable bonds is 5. The number of likely N-dealkylation sites (tertiary alicyclic amines) is 1. The largest absolute Gasteiger partial charge is 0.454 e. The minimum Gasteiger partial charge on any atom is -0.454 e. The first kappa shape index (κ1) is 17.4. The van der Waals surface area contributed by atoms with E-state index < -0.39 is 0 Å². The predicted octanol–water partition coefficient (Wildman–Crippen LogP) is 1.34. The molecule has 0 radical (unpaired) electrons. The van der Waals surface area contributed by atoms with E-state index in [0.29, 0.717) is 17.1 Å². The summed E-state index contributed by atoms with van der Waals surface area (Å²) >= 11 is 0. The number of fused-ring (bicyclic) bond motifs is 1. The van der Waals surface area contributed by atoms with Crippen molar-refractivity contribution in [1.82, 2.24) is 19.8 Å².